The van der Waals surface area contributed by atoms with E-state index in [2.05, 4.69) is 5.32 Å². The molecule has 1 amide bonds. The Hall–Kier alpha value is -1.55. The third kappa shape index (κ3) is 3.23. The highest BCUT2D eigenvalue weighted by molar-refractivity contribution is 5.87. The zero-order chi connectivity index (χ0) is 13.8. The predicted octanol–water partition coefficient (Wildman–Crippen LogP) is 1.43. The van der Waals surface area contributed by atoms with Gasteiger partial charge in [-0.2, -0.15) is 0 Å². The summed E-state index contributed by atoms with van der Waals surface area (Å²) < 4.78 is 0. The van der Waals surface area contributed by atoms with Gasteiger partial charge >= 0.3 is 0 Å². The molecule has 4 N–H and O–H groups in total. The highest BCUT2D eigenvalue weighted by Gasteiger charge is 2.30. The molecule has 0 aliphatic carbocycles. The van der Waals surface area contributed by atoms with Crippen LogP contribution in [-0.2, 0) is 10.2 Å². The van der Waals surface area contributed by atoms with Crippen molar-refractivity contribution in [2.45, 2.75) is 38.6 Å². The first kappa shape index (κ1) is 14.5. The Morgan fingerprint density at radius 2 is 1.94 bits per heavy atom. The summed E-state index contributed by atoms with van der Waals surface area (Å²) in [4.78, 5) is 12.2. The molecule has 0 fully saturated rings. The minimum atomic E-state index is -0.643. The van der Waals surface area contributed by atoms with E-state index in [4.69, 9.17) is 10.8 Å². The zero-order valence-electron chi connectivity index (χ0n) is 11.2. The van der Waals surface area contributed by atoms with E-state index in [-0.39, 0.29) is 18.6 Å². The lowest BCUT2D eigenvalue weighted by Gasteiger charge is -2.27. The maximum Gasteiger partial charge on any atom is 0.230 e. The van der Waals surface area contributed by atoms with Crippen molar-refractivity contribution < 1.29 is 9.90 Å². The number of hydrogen-bond acceptors (Lipinski definition) is 3. The van der Waals surface area contributed by atoms with Crippen LogP contribution in [0.4, 0.5) is 5.69 Å². The van der Waals surface area contributed by atoms with Gasteiger partial charge in [0.25, 0.3) is 0 Å². The van der Waals surface area contributed by atoms with Gasteiger partial charge in [0, 0.05) is 5.69 Å². The number of carbonyl (C=O) groups is 1. The predicted molar refractivity (Wildman–Crippen MR) is 73.2 cm³/mol. The second-order valence-corrected chi connectivity index (χ2v) is 5.01. The van der Waals surface area contributed by atoms with Crippen molar-refractivity contribution in [1.29, 1.82) is 0 Å². The van der Waals surface area contributed by atoms with E-state index in [1.54, 1.807) is 12.1 Å². The van der Waals surface area contributed by atoms with Crippen molar-refractivity contribution >= 4 is 11.6 Å². The summed E-state index contributed by atoms with van der Waals surface area (Å²) in [7, 11) is 0. The number of aliphatic hydroxyl groups excluding tert-OH is 1. The van der Waals surface area contributed by atoms with Gasteiger partial charge < -0.3 is 16.2 Å². The molecule has 18 heavy (non-hydrogen) atoms. The molecule has 0 saturated heterocycles. The Balaban J connectivity index is 2.85. The highest BCUT2D eigenvalue weighted by atomic mass is 16.3. The molecule has 0 radical (unpaired) electrons. The molecule has 0 aliphatic rings. The average Bonchev–Trinajstić information content (AvgIpc) is 2.36. The fraction of sp³-hybridized carbons (Fsp3) is 0.500. The Kier molecular flexibility index (Phi) is 4.73. The monoisotopic (exact) mass is 250 g/mol. The lowest BCUT2D eigenvalue weighted by molar-refractivity contribution is -0.126. The summed E-state index contributed by atoms with van der Waals surface area (Å²) in [6, 6.07) is 7.09. The van der Waals surface area contributed by atoms with E-state index in [0.29, 0.717) is 12.1 Å². The van der Waals surface area contributed by atoms with Crippen molar-refractivity contribution in [1.82, 2.24) is 5.32 Å². The SMILES string of the molecule is CC[C@H](CO)NC(=O)C(C)(C)c1ccc(N)cc1. The molecule has 0 spiro atoms. The van der Waals surface area contributed by atoms with Gasteiger partial charge in [0.05, 0.1) is 18.1 Å². The largest absolute Gasteiger partial charge is 0.399 e. The molecule has 1 atom stereocenters. The minimum Gasteiger partial charge on any atom is -0.399 e. The smallest absolute Gasteiger partial charge is 0.230 e. The Bertz CT molecular complexity index is 395. The third-order valence-electron chi connectivity index (χ3n) is 3.25. The maximum atomic E-state index is 12.2. The van der Waals surface area contributed by atoms with Crippen LogP contribution in [0.3, 0.4) is 0 Å². The molecule has 0 saturated carbocycles. The number of nitrogens with two attached hydrogens (primary N) is 1. The van der Waals surface area contributed by atoms with Gasteiger partial charge in [0.1, 0.15) is 0 Å². The fourth-order valence-electron chi connectivity index (χ4n) is 1.67. The second kappa shape index (κ2) is 5.87. The summed E-state index contributed by atoms with van der Waals surface area (Å²) in [5, 5.41) is 12.0. The molecule has 4 nitrogen and oxygen atoms in total. The van der Waals surface area contributed by atoms with Gasteiger partial charge in [-0.25, -0.2) is 0 Å². The van der Waals surface area contributed by atoms with Crippen molar-refractivity contribution in [3.05, 3.63) is 29.8 Å². The molecule has 0 aromatic heterocycles. The van der Waals surface area contributed by atoms with Crippen molar-refractivity contribution in [3.63, 3.8) is 0 Å². The number of rotatable bonds is 5. The van der Waals surface area contributed by atoms with Crippen LogP contribution in [0, 0.1) is 0 Å². The van der Waals surface area contributed by atoms with E-state index in [1.165, 1.54) is 0 Å². The van der Waals surface area contributed by atoms with Gasteiger partial charge in [-0.15, -0.1) is 0 Å². The first-order valence-electron chi connectivity index (χ1n) is 6.19. The van der Waals surface area contributed by atoms with Crippen molar-refractivity contribution in [3.8, 4) is 0 Å². The molecule has 1 aromatic rings. The van der Waals surface area contributed by atoms with Crippen LogP contribution in [0.2, 0.25) is 0 Å². The normalized spacial score (nSPS) is 13.1. The first-order chi connectivity index (χ1) is 8.41. The summed E-state index contributed by atoms with van der Waals surface area (Å²) in [5.74, 6) is -0.0897. The highest BCUT2D eigenvalue weighted by Crippen LogP contribution is 2.24. The number of hydrogen-bond donors (Lipinski definition) is 3. The van der Waals surface area contributed by atoms with Crippen LogP contribution in [0.1, 0.15) is 32.8 Å². The summed E-state index contributed by atoms with van der Waals surface area (Å²) >= 11 is 0. The van der Waals surface area contributed by atoms with Crippen LogP contribution in [0.5, 0.6) is 0 Å². The molecular formula is C14H22N2O2. The molecule has 0 aliphatic heterocycles. The van der Waals surface area contributed by atoms with E-state index in [9.17, 15) is 4.79 Å². The number of anilines is 1. The van der Waals surface area contributed by atoms with E-state index in [0.717, 1.165) is 5.56 Å². The summed E-state index contributed by atoms with van der Waals surface area (Å²) in [6.07, 6.45) is 0.708. The molecular weight excluding hydrogens is 228 g/mol. The van der Waals surface area contributed by atoms with Crippen molar-refractivity contribution in [2.75, 3.05) is 12.3 Å². The Labute approximate surface area is 108 Å². The van der Waals surface area contributed by atoms with Crippen LogP contribution in [-0.4, -0.2) is 23.7 Å². The molecule has 0 heterocycles. The number of benzene rings is 1. The van der Waals surface area contributed by atoms with Crippen LogP contribution in [0.25, 0.3) is 0 Å². The fourth-order valence-corrected chi connectivity index (χ4v) is 1.67. The molecule has 1 rings (SSSR count). The zero-order valence-corrected chi connectivity index (χ0v) is 11.2. The molecule has 0 bridgehead atoms. The lowest BCUT2D eigenvalue weighted by Crippen LogP contribution is -2.46. The van der Waals surface area contributed by atoms with E-state index >= 15 is 0 Å². The molecule has 0 unspecified atom stereocenters. The van der Waals surface area contributed by atoms with Gasteiger partial charge in [0.15, 0.2) is 0 Å². The van der Waals surface area contributed by atoms with Crippen LogP contribution >= 0.6 is 0 Å². The molecule has 100 valence electrons. The van der Waals surface area contributed by atoms with Crippen molar-refractivity contribution in [2.24, 2.45) is 0 Å². The van der Waals surface area contributed by atoms with Gasteiger partial charge in [0.2, 0.25) is 5.91 Å². The van der Waals surface area contributed by atoms with Gasteiger partial charge in [-0.05, 0) is 38.0 Å². The average molecular weight is 250 g/mol. The van der Waals surface area contributed by atoms with E-state index < -0.39 is 5.41 Å². The summed E-state index contributed by atoms with van der Waals surface area (Å²) in [6.45, 7) is 5.60. The van der Waals surface area contributed by atoms with Gasteiger partial charge in [-0.3, -0.25) is 4.79 Å². The third-order valence-corrected chi connectivity index (χ3v) is 3.25. The maximum absolute atomic E-state index is 12.2. The molecule has 1 aromatic carbocycles. The molecule has 4 heteroatoms. The summed E-state index contributed by atoms with van der Waals surface area (Å²) in [5.41, 5.74) is 6.58. The topological polar surface area (TPSA) is 75.3 Å². The number of amides is 1. The quantitative estimate of drug-likeness (QED) is 0.692. The standard InChI is InChI=1S/C14H22N2O2/c1-4-12(9-17)16-13(18)14(2,3)10-5-7-11(15)8-6-10/h5-8,12,17H,4,9,15H2,1-3H3,(H,16,18)/t12-/m1/s1. The van der Waals surface area contributed by atoms with Crippen LogP contribution in [0.15, 0.2) is 24.3 Å². The Morgan fingerprint density at radius 1 is 1.39 bits per heavy atom. The van der Waals surface area contributed by atoms with Gasteiger partial charge in [-0.1, -0.05) is 19.1 Å². The number of aliphatic hydroxyl groups is 1. The number of nitrogen functional groups attached to an aromatic ring is 1. The van der Waals surface area contributed by atoms with E-state index in [1.807, 2.05) is 32.9 Å². The lowest BCUT2D eigenvalue weighted by atomic mass is 9.83. The minimum absolute atomic E-state index is 0.0416. The number of carbonyl (C=O) groups excluding carboxylic acids is 1. The second-order valence-electron chi connectivity index (χ2n) is 5.01. The first-order valence-corrected chi connectivity index (χ1v) is 6.19. The van der Waals surface area contributed by atoms with Crippen LogP contribution < -0.4 is 11.1 Å². The Morgan fingerprint density at radius 3 is 2.39 bits per heavy atom. The number of nitrogens with one attached hydrogen (secondary N) is 1.